The van der Waals surface area contributed by atoms with Crippen molar-refractivity contribution in [3.05, 3.63) is 0 Å². The molecule has 0 aliphatic carbocycles. The van der Waals surface area contributed by atoms with E-state index in [9.17, 15) is 0 Å². The van der Waals surface area contributed by atoms with Crippen molar-refractivity contribution < 1.29 is 14.9 Å². The fraction of sp³-hybridized carbons (Fsp3) is 1.00. The second kappa shape index (κ2) is 16.5. The van der Waals surface area contributed by atoms with Crippen molar-refractivity contribution in [2.24, 2.45) is 46.0 Å². The average molecular weight is 491 g/mol. The van der Waals surface area contributed by atoms with Crippen LogP contribution in [0.5, 0.6) is 0 Å². The maximum absolute atomic E-state index is 8.65. The zero-order valence-corrected chi connectivity index (χ0v) is 25.9. The average Bonchev–Trinajstić information content (AvgIpc) is 2.64. The molecule has 0 radical (unpaired) electrons. The Morgan fingerprint density at radius 1 is 0.735 bits per heavy atom. The SMILES string of the molecule is CC(C)C(C)(C)CCO.CC(CO)C(C)(C)N.CC(N)CC(C)(C)OCC(C)C(C)(C)C(C)C. The number of rotatable bonds is 12. The number of hydrogen-bond donors (Lipinski definition) is 4. The summed E-state index contributed by atoms with van der Waals surface area (Å²) in [5, 5.41) is 17.2. The molecule has 0 aliphatic heterocycles. The van der Waals surface area contributed by atoms with Gasteiger partial charge in [-0.2, -0.15) is 0 Å². The van der Waals surface area contributed by atoms with E-state index in [1.54, 1.807) is 0 Å². The molecule has 6 N–H and O–H groups in total. The van der Waals surface area contributed by atoms with Gasteiger partial charge in [-0.25, -0.2) is 0 Å². The van der Waals surface area contributed by atoms with E-state index in [1.807, 2.05) is 27.7 Å². The van der Waals surface area contributed by atoms with Crippen LogP contribution in [-0.2, 0) is 4.74 Å². The molecule has 0 aliphatic rings. The van der Waals surface area contributed by atoms with Gasteiger partial charge >= 0.3 is 0 Å². The highest BCUT2D eigenvalue weighted by atomic mass is 16.5. The van der Waals surface area contributed by atoms with Gasteiger partial charge in [0.2, 0.25) is 0 Å². The minimum absolute atomic E-state index is 0.116. The highest BCUT2D eigenvalue weighted by Gasteiger charge is 2.31. The molecule has 0 saturated carbocycles. The van der Waals surface area contributed by atoms with Gasteiger partial charge in [-0.1, -0.05) is 69.2 Å². The molecule has 0 amide bonds. The first-order chi connectivity index (χ1) is 15.0. The Balaban J connectivity index is -0.000000474. The predicted molar refractivity (Wildman–Crippen MR) is 151 cm³/mol. The lowest BCUT2D eigenvalue weighted by Crippen LogP contribution is -2.40. The van der Waals surface area contributed by atoms with Gasteiger partial charge in [0.15, 0.2) is 0 Å². The van der Waals surface area contributed by atoms with Gasteiger partial charge in [0, 0.05) is 24.8 Å². The van der Waals surface area contributed by atoms with Crippen molar-refractivity contribution in [1.29, 1.82) is 0 Å². The van der Waals surface area contributed by atoms with Crippen LogP contribution in [0.4, 0.5) is 0 Å². The molecule has 0 saturated heterocycles. The van der Waals surface area contributed by atoms with Crippen LogP contribution in [0.25, 0.3) is 0 Å². The highest BCUT2D eigenvalue weighted by molar-refractivity contribution is 4.80. The molecule has 0 aromatic rings. The summed E-state index contributed by atoms with van der Waals surface area (Å²) in [7, 11) is 0. The van der Waals surface area contributed by atoms with E-state index in [-0.39, 0.29) is 29.7 Å². The summed E-state index contributed by atoms with van der Waals surface area (Å²) in [6, 6.07) is 0.193. The summed E-state index contributed by atoms with van der Waals surface area (Å²) >= 11 is 0. The van der Waals surface area contributed by atoms with Gasteiger partial charge in [0.1, 0.15) is 0 Å². The zero-order valence-electron chi connectivity index (χ0n) is 25.9. The van der Waals surface area contributed by atoms with E-state index in [1.165, 1.54) is 0 Å². The van der Waals surface area contributed by atoms with E-state index in [4.69, 9.17) is 26.4 Å². The second-order valence-corrected chi connectivity index (χ2v) is 13.7. The largest absolute Gasteiger partial charge is 0.396 e. The monoisotopic (exact) mass is 491 g/mol. The van der Waals surface area contributed by atoms with Crippen molar-refractivity contribution in [3.8, 4) is 0 Å². The van der Waals surface area contributed by atoms with Crippen molar-refractivity contribution in [1.82, 2.24) is 0 Å². The van der Waals surface area contributed by atoms with Crippen LogP contribution >= 0.6 is 0 Å². The van der Waals surface area contributed by atoms with Crippen LogP contribution in [0.2, 0.25) is 0 Å². The summed E-state index contributed by atoms with van der Waals surface area (Å²) in [6.07, 6.45) is 1.81. The zero-order chi connectivity index (χ0) is 28.1. The maximum atomic E-state index is 8.65. The quantitative estimate of drug-likeness (QED) is 0.259. The molecule has 0 aromatic carbocycles. The molecule has 0 bridgehead atoms. The van der Waals surface area contributed by atoms with Gasteiger partial charge in [0.05, 0.1) is 12.2 Å². The summed E-state index contributed by atoms with van der Waals surface area (Å²) in [4.78, 5) is 0. The lowest BCUT2D eigenvalue weighted by atomic mass is 9.72. The molecule has 0 aromatic heterocycles. The molecule has 0 rings (SSSR count). The van der Waals surface area contributed by atoms with Crippen LogP contribution in [0.1, 0.15) is 117 Å². The Morgan fingerprint density at radius 2 is 1.18 bits per heavy atom. The summed E-state index contributed by atoms with van der Waals surface area (Å²) in [5.41, 5.74) is 11.7. The van der Waals surface area contributed by atoms with Crippen LogP contribution in [0.3, 0.4) is 0 Å². The third-order valence-corrected chi connectivity index (χ3v) is 8.16. The van der Waals surface area contributed by atoms with Crippen molar-refractivity contribution in [2.75, 3.05) is 19.8 Å². The van der Waals surface area contributed by atoms with Gasteiger partial charge in [-0.15, -0.1) is 0 Å². The molecule has 0 heterocycles. The standard InChI is InChI=1S/C15H33NO.C8H18O.C6H15NO/c1-11(2)15(7,8)12(3)10-17-14(5,6)9-13(4)16;1-7(2)8(3,4)5-6-9;1-5(4-8)6(2,3)7/h11-13H,9-10,16H2,1-8H3;7,9H,5-6H2,1-4H3;5,8H,4,7H2,1-3H3. The van der Waals surface area contributed by atoms with Crippen molar-refractivity contribution >= 4 is 0 Å². The molecule has 5 nitrogen and oxygen atoms in total. The molecular formula is C29H66N2O3. The van der Waals surface area contributed by atoms with Crippen LogP contribution < -0.4 is 11.5 Å². The Morgan fingerprint density at radius 3 is 1.38 bits per heavy atom. The first-order valence-corrected chi connectivity index (χ1v) is 13.4. The Kier molecular flexibility index (Phi) is 18.6. The number of aliphatic hydroxyl groups is 2. The summed E-state index contributed by atoms with van der Waals surface area (Å²) in [6.45, 7) is 33.6. The molecule has 5 heteroatoms. The first kappa shape index (κ1) is 38.3. The van der Waals surface area contributed by atoms with E-state index < -0.39 is 0 Å². The van der Waals surface area contributed by atoms with Gasteiger partial charge in [-0.05, 0) is 82.0 Å². The summed E-state index contributed by atoms with van der Waals surface area (Å²) in [5.74, 6) is 2.06. The maximum Gasteiger partial charge on any atom is 0.0641 e. The molecular weight excluding hydrogens is 424 g/mol. The Bertz CT molecular complexity index is 492. The van der Waals surface area contributed by atoms with E-state index >= 15 is 0 Å². The molecule has 3 atom stereocenters. The fourth-order valence-electron chi connectivity index (χ4n) is 2.78. The van der Waals surface area contributed by atoms with Crippen LogP contribution in [0, 0.1) is 34.5 Å². The highest BCUT2D eigenvalue weighted by Crippen LogP contribution is 2.35. The predicted octanol–water partition coefficient (Wildman–Crippen LogP) is 6.24. The normalized spacial score (nSPS) is 15.8. The first-order valence-electron chi connectivity index (χ1n) is 13.4. The van der Waals surface area contributed by atoms with Gasteiger partial charge in [-0.3, -0.25) is 0 Å². The third kappa shape index (κ3) is 18.1. The second-order valence-electron chi connectivity index (χ2n) is 13.7. The van der Waals surface area contributed by atoms with Crippen LogP contribution in [-0.4, -0.2) is 47.2 Å². The summed E-state index contributed by atoms with van der Waals surface area (Å²) < 4.78 is 6.06. The van der Waals surface area contributed by atoms with E-state index in [2.05, 4.69) is 76.2 Å². The molecule has 210 valence electrons. The van der Waals surface area contributed by atoms with Crippen molar-refractivity contribution in [2.45, 2.75) is 134 Å². The molecule has 0 fully saturated rings. The number of nitrogens with two attached hydrogens (primary N) is 2. The smallest absolute Gasteiger partial charge is 0.0641 e. The fourth-order valence-corrected chi connectivity index (χ4v) is 2.78. The van der Waals surface area contributed by atoms with E-state index in [0.29, 0.717) is 35.2 Å². The Labute approximate surface area is 214 Å². The van der Waals surface area contributed by atoms with Gasteiger partial charge < -0.3 is 26.4 Å². The minimum Gasteiger partial charge on any atom is -0.396 e. The Hall–Kier alpha value is -0.200. The molecule has 3 unspecified atom stereocenters. The minimum atomic E-state index is -0.241. The van der Waals surface area contributed by atoms with Crippen molar-refractivity contribution in [3.63, 3.8) is 0 Å². The van der Waals surface area contributed by atoms with E-state index in [0.717, 1.165) is 19.4 Å². The molecule has 0 spiro atoms. The lowest BCUT2D eigenvalue weighted by molar-refractivity contribution is -0.0643. The molecule has 34 heavy (non-hydrogen) atoms. The number of ether oxygens (including phenoxy) is 1. The topological polar surface area (TPSA) is 102 Å². The third-order valence-electron chi connectivity index (χ3n) is 8.16. The van der Waals surface area contributed by atoms with Gasteiger partial charge in [0.25, 0.3) is 0 Å². The lowest BCUT2D eigenvalue weighted by Gasteiger charge is -2.38. The number of aliphatic hydroxyl groups excluding tert-OH is 2. The number of hydrogen-bond acceptors (Lipinski definition) is 5. The van der Waals surface area contributed by atoms with Crippen LogP contribution in [0.15, 0.2) is 0 Å².